The van der Waals surface area contributed by atoms with Gasteiger partial charge in [-0.25, -0.2) is 14.8 Å². The van der Waals surface area contributed by atoms with Gasteiger partial charge in [-0.2, -0.15) is 0 Å². The van der Waals surface area contributed by atoms with Crippen molar-refractivity contribution in [2.75, 3.05) is 17.7 Å². The predicted molar refractivity (Wildman–Crippen MR) is 110 cm³/mol. The molecule has 28 heavy (non-hydrogen) atoms. The smallest absolute Gasteiger partial charge is 0.323 e. The summed E-state index contributed by atoms with van der Waals surface area (Å²) in [5, 5.41) is 5.66. The normalized spacial score (nSPS) is 10.6. The van der Waals surface area contributed by atoms with Crippen LogP contribution >= 0.6 is 0 Å². The van der Waals surface area contributed by atoms with Crippen LogP contribution in [0.3, 0.4) is 0 Å². The van der Waals surface area contributed by atoms with E-state index in [1.807, 2.05) is 55.5 Å². The SMILES string of the molecule is COc1ccc(C)cc1NC(=O)Nc1ccc(-c2ccnc3nc[nH]c23)cc1. The second-order valence-electron chi connectivity index (χ2n) is 6.32. The number of carbonyl (C=O) groups is 1. The standard InChI is InChI=1S/C21H19N5O2/c1-13-3-8-18(28-2)17(11-13)26-21(27)25-15-6-4-14(5-7-15)16-9-10-22-20-19(16)23-12-24-20/h3-12H,1-2H3,(H,22,23,24)(H2,25,26,27). The summed E-state index contributed by atoms with van der Waals surface area (Å²) in [6.07, 6.45) is 3.36. The molecule has 140 valence electrons. The zero-order valence-electron chi connectivity index (χ0n) is 15.5. The van der Waals surface area contributed by atoms with Crippen LogP contribution in [0, 0.1) is 6.92 Å². The third-order valence-electron chi connectivity index (χ3n) is 4.38. The average Bonchev–Trinajstić information content (AvgIpc) is 3.18. The van der Waals surface area contributed by atoms with Gasteiger partial charge in [-0.05, 0) is 48.4 Å². The number of ether oxygens (including phenoxy) is 1. The fourth-order valence-electron chi connectivity index (χ4n) is 3.03. The Kier molecular flexibility index (Phi) is 4.63. The number of amides is 2. The lowest BCUT2D eigenvalue weighted by atomic mass is 10.1. The first kappa shape index (κ1) is 17.5. The highest BCUT2D eigenvalue weighted by Gasteiger charge is 2.09. The maximum absolute atomic E-state index is 12.4. The molecule has 7 heteroatoms. The van der Waals surface area contributed by atoms with E-state index >= 15 is 0 Å². The van der Waals surface area contributed by atoms with Crippen LogP contribution in [0.1, 0.15) is 5.56 Å². The molecule has 0 unspecified atom stereocenters. The van der Waals surface area contributed by atoms with Crippen LogP contribution in [0.5, 0.6) is 5.75 Å². The van der Waals surface area contributed by atoms with Gasteiger partial charge in [-0.3, -0.25) is 0 Å². The molecule has 0 bridgehead atoms. The van der Waals surface area contributed by atoms with Gasteiger partial charge in [0, 0.05) is 17.4 Å². The van der Waals surface area contributed by atoms with E-state index < -0.39 is 0 Å². The van der Waals surface area contributed by atoms with Crippen molar-refractivity contribution in [1.82, 2.24) is 15.0 Å². The molecule has 0 spiro atoms. The van der Waals surface area contributed by atoms with Gasteiger partial charge in [0.15, 0.2) is 5.65 Å². The molecule has 0 saturated carbocycles. The molecule has 0 aliphatic rings. The Morgan fingerprint density at radius 1 is 1.04 bits per heavy atom. The van der Waals surface area contributed by atoms with Crippen LogP contribution in [-0.4, -0.2) is 28.1 Å². The average molecular weight is 373 g/mol. The minimum Gasteiger partial charge on any atom is -0.495 e. The zero-order chi connectivity index (χ0) is 19.5. The molecule has 0 saturated heterocycles. The second-order valence-corrected chi connectivity index (χ2v) is 6.32. The van der Waals surface area contributed by atoms with Crippen LogP contribution < -0.4 is 15.4 Å². The Balaban J connectivity index is 1.50. The summed E-state index contributed by atoms with van der Waals surface area (Å²) in [5.74, 6) is 0.609. The number of benzene rings is 2. The molecule has 4 aromatic rings. The Morgan fingerprint density at radius 2 is 1.86 bits per heavy atom. The van der Waals surface area contributed by atoms with Crippen molar-refractivity contribution in [3.63, 3.8) is 0 Å². The summed E-state index contributed by atoms with van der Waals surface area (Å²) < 4.78 is 5.29. The number of hydrogen-bond donors (Lipinski definition) is 3. The molecule has 3 N–H and O–H groups in total. The third kappa shape index (κ3) is 3.50. The third-order valence-corrected chi connectivity index (χ3v) is 4.38. The highest BCUT2D eigenvalue weighted by Crippen LogP contribution is 2.27. The number of aromatic amines is 1. The number of urea groups is 1. The topological polar surface area (TPSA) is 91.9 Å². The Morgan fingerprint density at radius 3 is 2.64 bits per heavy atom. The summed E-state index contributed by atoms with van der Waals surface area (Å²) >= 11 is 0. The number of imidazole rings is 1. The van der Waals surface area contributed by atoms with Gasteiger partial charge in [0.1, 0.15) is 5.75 Å². The predicted octanol–water partition coefficient (Wildman–Crippen LogP) is 4.59. The number of pyridine rings is 1. The number of aromatic nitrogens is 3. The highest BCUT2D eigenvalue weighted by molar-refractivity contribution is 6.01. The summed E-state index contributed by atoms with van der Waals surface area (Å²) in [5.41, 5.74) is 5.89. The molecule has 0 radical (unpaired) electrons. The maximum Gasteiger partial charge on any atom is 0.323 e. The number of nitrogens with zero attached hydrogens (tertiary/aromatic N) is 2. The monoisotopic (exact) mass is 373 g/mol. The van der Waals surface area contributed by atoms with E-state index in [0.29, 0.717) is 22.8 Å². The van der Waals surface area contributed by atoms with Crippen LogP contribution in [0.4, 0.5) is 16.2 Å². The van der Waals surface area contributed by atoms with Gasteiger partial charge in [0.2, 0.25) is 0 Å². The van der Waals surface area contributed by atoms with Crippen molar-refractivity contribution >= 4 is 28.6 Å². The van der Waals surface area contributed by atoms with E-state index in [2.05, 4.69) is 25.6 Å². The van der Waals surface area contributed by atoms with Crippen molar-refractivity contribution in [3.8, 4) is 16.9 Å². The molecule has 7 nitrogen and oxygen atoms in total. The minimum atomic E-state index is -0.337. The molecule has 2 aromatic carbocycles. The van der Waals surface area contributed by atoms with Crippen LogP contribution in [0.2, 0.25) is 0 Å². The number of nitrogens with one attached hydrogen (secondary N) is 3. The molecule has 2 heterocycles. The highest BCUT2D eigenvalue weighted by atomic mass is 16.5. The molecule has 2 aromatic heterocycles. The zero-order valence-corrected chi connectivity index (χ0v) is 15.5. The van der Waals surface area contributed by atoms with E-state index in [4.69, 9.17) is 4.74 Å². The van der Waals surface area contributed by atoms with Gasteiger partial charge in [-0.15, -0.1) is 0 Å². The first-order valence-electron chi connectivity index (χ1n) is 8.75. The van der Waals surface area contributed by atoms with Gasteiger partial charge in [-0.1, -0.05) is 18.2 Å². The van der Waals surface area contributed by atoms with Gasteiger partial charge < -0.3 is 20.4 Å². The Hall–Kier alpha value is -3.87. The van der Waals surface area contributed by atoms with E-state index in [-0.39, 0.29) is 6.03 Å². The fourth-order valence-corrected chi connectivity index (χ4v) is 3.03. The quantitative estimate of drug-likeness (QED) is 0.488. The fraction of sp³-hybridized carbons (Fsp3) is 0.0952. The van der Waals surface area contributed by atoms with E-state index in [1.165, 1.54) is 0 Å². The van der Waals surface area contributed by atoms with Crippen molar-refractivity contribution in [2.45, 2.75) is 6.92 Å². The van der Waals surface area contributed by atoms with E-state index in [1.54, 1.807) is 19.6 Å². The van der Waals surface area contributed by atoms with Crippen molar-refractivity contribution in [1.29, 1.82) is 0 Å². The molecule has 0 aliphatic carbocycles. The number of rotatable bonds is 4. The van der Waals surface area contributed by atoms with Crippen LogP contribution in [0.25, 0.3) is 22.3 Å². The van der Waals surface area contributed by atoms with Crippen molar-refractivity contribution in [3.05, 3.63) is 66.6 Å². The van der Waals surface area contributed by atoms with E-state index in [9.17, 15) is 4.79 Å². The lowest BCUT2D eigenvalue weighted by Gasteiger charge is -2.12. The number of fused-ring (bicyclic) bond motifs is 1. The second kappa shape index (κ2) is 7.40. The summed E-state index contributed by atoms with van der Waals surface area (Å²) in [4.78, 5) is 23.9. The Labute approximate surface area is 161 Å². The minimum absolute atomic E-state index is 0.337. The van der Waals surface area contributed by atoms with Crippen molar-refractivity contribution < 1.29 is 9.53 Å². The van der Waals surface area contributed by atoms with Crippen LogP contribution in [-0.2, 0) is 0 Å². The lowest BCUT2D eigenvalue weighted by molar-refractivity contribution is 0.262. The molecule has 0 fully saturated rings. The van der Waals surface area contributed by atoms with Gasteiger partial charge >= 0.3 is 6.03 Å². The number of carbonyl (C=O) groups excluding carboxylic acids is 1. The molecule has 0 atom stereocenters. The maximum atomic E-state index is 12.4. The first-order chi connectivity index (χ1) is 13.6. The van der Waals surface area contributed by atoms with E-state index in [0.717, 1.165) is 22.2 Å². The number of anilines is 2. The van der Waals surface area contributed by atoms with Crippen molar-refractivity contribution in [2.24, 2.45) is 0 Å². The molecular weight excluding hydrogens is 354 g/mol. The first-order valence-corrected chi connectivity index (χ1v) is 8.75. The summed E-state index contributed by atoms with van der Waals surface area (Å²) in [7, 11) is 1.57. The molecule has 2 amide bonds. The van der Waals surface area contributed by atoms with Crippen LogP contribution in [0.15, 0.2) is 61.1 Å². The number of methoxy groups -OCH3 is 1. The Bertz CT molecular complexity index is 1140. The molecule has 0 aliphatic heterocycles. The number of H-pyrrole nitrogens is 1. The summed E-state index contributed by atoms with van der Waals surface area (Å²) in [6, 6.07) is 14.8. The summed E-state index contributed by atoms with van der Waals surface area (Å²) in [6.45, 7) is 1.96. The lowest BCUT2D eigenvalue weighted by Crippen LogP contribution is -2.19. The number of aryl methyl sites for hydroxylation is 1. The van der Waals surface area contributed by atoms with Gasteiger partial charge in [0.05, 0.1) is 24.6 Å². The molecular formula is C21H19N5O2. The number of hydrogen-bond acceptors (Lipinski definition) is 4. The molecule has 4 rings (SSSR count). The van der Waals surface area contributed by atoms with Gasteiger partial charge in [0.25, 0.3) is 0 Å². The largest absolute Gasteiger partial charge is 0.495 e.